The fraction of sp³-hybridized carbons (Fsp3) is 0.353. The number of carboxylic acid groups (broad SMARTS) is 1. The number of amides is 1. The molecule has 6 nitrogen and oxygen atoms in total. The Morgan fingerprint density at radius 2 is 2.09 bits per heavy atom. The van der Waals surface area contributed by atoms with Gasteiger partial charge in [0.15, 0.2) is 0 Å². The van der Waals surface area contributed by atoms with E-state index in [1.807, 2.05) is 24.3 Å². The highest BCUT2D eigenvalue weighted by molar-refractivity contribution is 6.07. The van der Waals surface area contributed by atoms with Gasteiger partial charge in [-0.3, -0.25) is 9.59 Å². The number of hydrogen-bond acceptors (Lipinski definition) is 4. The number of anilines is 1. The minimum atomic E-state index is -0.857. The molecule has 6 heteroatoms. The molecule has 0 unspecified atom stereocenters. The number of aromatic nitrogens is 1. The largest absolute Gasteiger partial charge is 0.481 e. The maximum atomic E-state index is 12.5. The zero-order valence-electron chi connectivity index (χ0n) is 13.0. The predicted octanol–water partition coefficient (Wildman–Crippen LogP) is 2.04. The molecule has 1 saturated carbocycles. The summed E-state index contributed by atoms with van der Waals surface area (Å²) in [4.78, 5) is 29.5. The number of pyridine rings is 1. The third-order valence-electron chi connectivity index (χ3n) is 3.91. The molecular weight excluding hydrogens is 294 g/mol. The number of carbonyl (C=O) groups is 2. The normalized spacial score (nSPS) is 13.8. The first kappa shape index (κ1) is 15.3. The first-order valence-corrected chi connectivity index (χ1v) is 7.68. The van der Waals surface area contributed by atoms with Crippen LogP contribution >= 0.6 is 0 Å². The minimum Gasteiger partial charge on any atom is -0.481 e. The lowest BCUT2D eigenvalue weighted by Crippen LogP contribution is -2.27. The van der Waals surface area contributed by atoms with Crippen LogP contribution in [0.4, 0.5) is 5.82 Å². The summed E-state index contributed by atoms with van der Waals surface area (Å²) in [7, 11) is 1.78. The van der Waals surface area contributed by atoms with Crippen LogP contribution in [0.15, 0.2) is 30.3 Å². The molecule has 2 aromatic rings. The highest BCUT2D eigenvalue weighted by Gasteiger charge is 2.25. The number of carbonyl (C=O) groups excluding carboxylic acids is 1. The van der Waals surface area contributed by atoms with Gasteiger partial charge in [-0.2, -0.15) is 0 Å². The molecule has 0 aliphatic heterocycles. The van der Waals surface area contributed by atoms with Crippen molar-refractivity contribution in [1.82, 2.24) is 10.3 Å². The van der Waals surface area contributed by atoms with Crippen molar-refractivity contribution in [3.63, 3.8) is 0 Å². The van der Waals surface area contributed by atoms with E-state index in [4.69, 9.17) is 5.11 Å². The van der Waals surface area contributed by atoms with Gasteiger partial charge >= 0.3 is 5.97 Å². The van der Waals surface area contributed by atoms with Crippen molar-refractivity contribution in [2.75, 3.05) is 18.5 Å². The Morgan fingerprint density at radius 3 is 2.78 bits per heavy atom. The number of nitrogens with zero attached hydrogens (tertiary/aromatic N) is 2. The van der Waals surface area contributed by atoms with Crippen LogP contribution in [-0.4, -0.2) is 41.6 Å². The smallest absolute Gasteiger partial charge is 0.305 e. The Morgan fingerprint density at radius 1 is 1.35 bits per heavy atom. The molecule has 0 atom stereocenters. The Hall–Kier alpha value is -2.63. The predicted molar refractivity (Wildman–Crippen MR) is 87.8 cm³/mol. The van der Waals surface area contributed by atoms with Crippen LogP contribution in [-0.2, 0) is 4.79 Å². The molecule has 2 N–H and O–H groups in total. The number of aliphatic carboxylic acids is 1. The molecule has 1 amide bonds. The molecule has 0 spiro atoms. The van der Waals surface area contributed by atoms with E-state index >= 15 is 0 Å². The summed E-state index contributed by atoms with van der Waals surface area (Å²) in [6.45, 7) is 0.338. The molecule has 1 fully saturated rings. The topological polar surface area (TPSA) is 82.5 Å². The third kappa shape index (κ3) is 3.59. The van der Waals surface area contributed by atoms with Gasteiger partial charge < -0.3 is 15.3 Å². The average molecular weight is 313 g/mol. The zero-order valence-corrected chi connectivity index (χ0v) is 13.0. The number of hydrogen-bond donors (Lipinski definition) is 2. The third-order valence-corrected chi connectivity index (χ3v) is 3.91. The number of benzene rings is 1. The minimum absolute atomic E-state index is 0.0224. The van der Waals surface area contributed by atoms with Gasteiger partial charge in [-0.05, 0) is 25.0 Å². The molecule has 1 heterocycles. The van der Waals surface area contributed by atoms with Crippen LogP contribution in [0.5, 0.6) is 0 Å². The number of fused-ring (bicyclic) bond motifs is 1. The van der Waals surface area contributed by atoms with Crippen molar-refractivity contribution in [3.05, 3.63) is 35.9 Å². The molecule has 1 aliphatic carbocycles. The zero-order chi connectivity index (χ0) is 16.4. The summed E-state index contributed by atoms with van der Waals surface area (Å²) in [5, 5.41) is 12.6. The Bertz CT molecular complexity index is 756. The second-order valence-corrected chi connectivity index (χ2v) is 5.86. The second kappa shape index (κ2) is 6.24. The van der Waals surface area contributed by atoms with Gasteiger partial charge in [-0.25, -0.2) is 4.98 Å². The lowest BCUT2D eigenvalue weighted by atomic mass is 10.1. The molecule has 120 valence electrons. The number of rotatable bonds is 6. The fourth-order valence-corrected chi connectivity index (χ4v) is 2.41. The maximum absolute atomic E-state index is 12.5. The maximum Gasteiger partial charge on any atom is 0.305 e. The molecule has 3 rings (SSSR count). The van der Waals surface area contributed by atoms with Crippen LogP contribution in [0.25, 0.3) is 10.9 Å². The van der Waals surface area contributed by atoms with Crippen LogP contribution < -0.4 is 10.2 Å². The molecule has 1 aromatic heterocycles. The fourth-order valence-electron chi connectivity index (χ4n) is 2.41. The van der Waals surface area contributed by atoms with Crippen molar-refractivity contribution in [3.8, 4) is 0 Å². The van der Waals surface area contributed by atoms with E-state index < -0.39 is 5.97 Å². The van der Waals surface area contributed by atoms with Gasteiger partial charge in [0.05, 0.1) is 17.5 Å². The average Bonchev–Trinajstić information content (AvgIpc) is 3.35. The van der Waals surface area contributed by atoms with Crippen LogP contribution in [0.1, 0.15) is 29.6 Å². The molecule has 1 aliphatic rings. The van der Waals surface area contributed by atoms with Gasteiger partial charge in [-0.15, -0.1) is 0 Å². The summed E-state index contributed by atoms with van der Waals surface area (Å²) >= 11 is 0. The molecule has 1 aromatic carbocycles. The van der Waals surface area contributed by atoms with Crippen molar-refractivity contribution in [2.45, 2.75) is 25.3 Å². The number of carboxylic acids is 1. The lowest BCUT2D eigenvalue weighted by molar-refractivity contribution is -0.136. The summed E-state index contributed by atoms with van der Waals surface area (Å²) in [5.74, 6) is -0.353. The van der Waals surface area contributed by atoms with Crippen molar-refractivity contribution < 1.29 is 14.7 Å². The Labute approximate surface area is 134 Å². The van der Waals surface area contributed by atoms with E-state index in [2.05, 4.69) is 10.3 Å². The highest BCUT2D eigenvalue weighted by atomic mass is 16.4. The van der Waals surface area contributed by atoms with Crippen molar-refractivity contribution >= 4 is 28.6 Å². The van der Waals surface area contributed by atoms with E-state index in [1.165, 1.54) is 0 Å². The first-order valence-electron chi connectivity index (χ1n) is 7.68. The first-order chi connectivity index (χ1) is 11.0. The van der Waals surface area contributed by atoms with Gasteiger partial charge in [0.2, 0.25) is 0 Å². The van der Waals surface area contributed by atoms with Gasteiger partial charge in [0.1, 0.15) is 5.82 Å². The highest BCUT2D eigenvalue weighted by Crippen LogP contribution is 2.25. The van der Waals surface area contributed by atoms with Gasteiger partial charge in [0.25, 0.3) is 5.91 Å². The van der Waals surface area contributed by atoms with Gasteiger partial charge in [0, 0.05) is 25.0 Å². The molecule has 0 bridgehead atoms. The Balaban J connectivity index is 1.95. The lowest BCUT2D eigenvalue weighted by Gasteiger charge is -2.19. The second-order valence-electron chi connectivity index (χ2n) is 5.86. The van der Waals surface area contributed by atoms with Crippen LogP contribution in [0.3, 0.4) is 0 Å². The Kier molecular flexibility index (Phi) is 4.14. The van der Waals surface area contributed by atoms with Crippen molar-refractivity contribution in [1.29, 1.82) is 0 Å². The van der Waals surface area contributed by atoms with E-state index in [0.717, 1.165) is 23.7 Å². The molecule has 0 saturated heterocycles. The van der Waals surface area contributed by atoms with Crippen LogP contribution in [0, 0.1) is 0 Å². The van der Waals surface area contributed by atoms with E-state index in [-0.39, 0.29) is 18.4 Å². The SMILES string of the molecule is CN(CCC(=O)O)c1cc(C(=O)NC2CC2)c2ccccc2n1. The summed E-state index contributed by atoms with van der Waals surface area (Å²) < 4.78 is 0. The monoisotopic (exact) mass is 313 g/mol. The van der Waals surface area contributed by atoms with E-state index in [1.54, 1.807) is 18.0 Å². The molecular formula is C17H19N3O3. The molecule has 23 heavy (non-hydrogen) atoms. The van der Waals surface area contributed by atoms with Crippen LogP contribution in [0.2, 0.25) is 0 Å². The summed E-state index contributed by atoms with van der Waals surface area (Å²) in [6, 6.07) is 9.51. The molecule has 0 radical (unpaired) electrons. The number of para-hydroxylation sites is 1. The summed E-state index contributed by atoms with van der Waals surface area (Å²) in [5.41, 5.74) is 1.31. The summed E-state index contributed by atoms with van der Waals surface area (Å²) in [6.07, 6.45) is 2.08. The standard InChI is InChI=1S/C17H19N3O3/c1-20(9-8-16(21)22)15-10-13(17(23)18-11-6-7-11)12-4-2-3-5-14(12)19-15/h2-5,10-11H,6-9H2,1H3,(H,18,23)(H,21,22). The number of nitrogens with one attached hydrogen (secondary N) is 1. The van der Waals surface area contributed by atoms with Gasteiger partial charge in [-0.1, -0.05) is 18.2 Å². The van der Waals surface area contributed by atoms with Crippen molar-refractivity contribution in [2.24, 2.45) is 0 Å². The quantitative estimate of drug-likeness (QED) is 0.853. The van der Waals surface area contributed by atoms with E-state index in [9.17, 15) is 9.59 Å². The van der Waals surface area contributed by atoms with E-state index in [0.29, 0.717) is 17.9 Å².